The van der Waals surface area contributed by atoms with E-state index in [0.717, 1.165) is 21.2 Å². The molecule has 0 radical (unpaired) electrons. The van der Waals surface area contributed by atoms with E-state index in [1.54, 1.807) is 18.5 Å². The molecule has 1 atom stereocenters. The van der Waals surface area contributed by atoms with Crippen LogP contribution in [0.4, 0.5) is 5.95 Å². The third-order valence-corrected chi connectivity index (χ3v) is 5.67. The fourth-order valence-electron chi connectivity index (χ4n) is 4.12. The zero-order valence-corrected chi connectivity index (χ0v) is 20.0. The molecule has 4 rings (SSSR count). The Bertz CT molecular complexity index is 1570. The summed E-state index contributed by atoms with van der Waals surface area (Å²) in [5, 5.41) is 0.931. The van der Waals surface area contributed by atoms with Crippen LogP contribution in [0.15, 0.2) is 33.9 Å². The van der Waals surface area contributed by atoms with Gasteiger partial charge in [-0.15, -0.1) is 5.92 Å². The van der Waals surface area contributed by atoms with Crippen LogP contribution in [0.2, 0.25) is 0 Å². The van der Waals surface area contributed by atoms with Crippen molar-refractivity contribution in [3.05, 3.63) is 56.6 Å². The maximum Gasteiger partial charge on any atom is 0.332 e. The number of imidazole rings is 1. The predicted octanol–water partition coefficient (Wildman–Crippen LogP) is 1.00. The van der Waals surface area contributed by atoms with E-state index in [-0.39, 0.29) is 19.1 Å². The van der Waals surface area contributed by atoms with Crippen LogP contribution in [0.1, 0.15) is 25.4 Å². The van der Waals surface area contributed by atoms with Gasteiger partial charge in [0.2, 0.25) is 5.95 Å². The Hall–Kier alpha value is -3.97. The number of fused-ring (bicyclic) bond motifs is 2. The molecule has 0 bridgehead atoms. The first kappa shape index (κ1) is 23.2. The largest absolute Gasteiger partial charge is 0.344 e. The second kappa shape index (κ2) is 9.11. The molecule has 0 aliphatic heterocycles. The third kappa shape index (κ3) is 4.06. The molecule has 0 fully saturated rings. The molecule has 10 nitrogen and oxygen atoms in total. The predicted molar refractivity (Wildman–Crippen MR) is 133 cm³/mol. The van der Waals surface area contributed by atoms with Gasteiger partial charge in [0, 0.05) is 37.8 Å². The fraction of sp³-hybridized carbons (Fsp3) is 0.375. The van der Waals surface area contributed by atoms with Crippen molar-refractivity contribution in [1.82, 2.24) is 28.7 Å². The lowest BCUT2D eigenvalue weighted by molar-refractivity contribution is 0.633. The summed E-state index contributed by atoms with van der Waals surface area (Å²) in [6.45, 7) is 6.24. The minimum Gasteiger partial charge on any atom is -0.344 e. The van der Waals surface area contributed by atoms with Gasteiger partial charge in [0.05, 0.1) is 18.6 Å². The second-order valence-electron chi connectivity index (χ2n) is 8.43. The lowest BCUT2D eigenvalue weighted by atomic mass is 10.2. The van der Waals surface area contributed by atoms with Crippen molar-refractivity contribution in [1.29, 1.82) is 0 Å². The molecule has 2 N–H and O–H groups in total. The molecule has 3 heterocycles. The summed E-state index contributed by atoms with van der Waals surface area (Å²) in [5.41, 5.74) is 7.18. The highest BCUT2D eigenvalue weighted by Crippen LogP contribution is 2.19. The summed E-state index contributed by atoms with van der Waals surface area (Å²) in [4.78, 5) is 42.4. The number of benzene rings is 1. The Morgan fingerprint density at radius 2 is 1.88 bits per heavy atom. The number of hydrogen-bond acceptors (Lipinski definition) is 7. The summed E-state index contributed by atoms with van der Waals surface area (Å²) in [6, 6.07) is 7.54. The number of aryl methyl sites for hydroxylation is 2. The van der Waals surface area contributed by atoms with Crippen molar-refractivity contribution < 1.29 is 0 Å². The molecule has 0 saturated heterocycles. The number of nitrogens with zero attached hydrogens (tertiary/aromatic N) is 7. The van der Waals surface area contributed by atoms with E-state index in [9.17, 15) is 9.59 Å². The zero-order valence-electron chi connectivity index (χ0n) is 20.0. The van der Waals surface area contributed by atoms with Gasteiger partial charge in [0.15, 0.2) is 11.2 Å². The van der Waals surface area contributed by atoms with Crippen molar-refractivity contribution >= 4 is 28.0 Å². The first-order valence-corrected chi connectivity index (χ1v) is 11.0. The van der Waals surface area contributed by atoms with Gasteiger partial charge in [-0.3, -0.25) is 18.5 Å². The topological polar surface area (TPSA) is 117 Å². The van der Waals surface area contributed by atoms with Crippen molar-refractivity contribution in [3.63, 3.8) is 0 Å². The number of anilines is 1. The van der Waals surface area contributed by atoms with E-state index in [2.05, 4.69) is 26.8 Å². The standard InChI is InChI=1S/C24H28N8O2/c1-6-7-12-31-20-21(28-23(31)29(4)13-15(2)25)30(5)24(34)32(22(20)33)14-19-26-16(3)17-10-8-9-11-18(17)27-19/h8-11,15H,12-14,25H2,1-5H3. The van der Waals surface area contributed by atoms with Gasteiger partial charge >= 0.3 is 5.69 Å². The second-order valence-corrected chi connectivity index (χ2v) is 8.43. The highest BCUT2D eigenvalue weighted by atomic mass is 16.2. The van der Waals surface area contributed by atoms with E-state index in [4.69, 9.17) is 5.73 Å². The highest BCUT2D eigenvalue weighted by molar-refractivity contribution is 5.80. The monoisotopic (exact) mass is 460 g/mol. The average Bonchev–Trinajstić information content (AvgIpc) is 3.18. The fourth-order valence-corrected chi connectivity index (χ4v) is 4.12. The number of aromatic nitrogens is 6. The van der Waals surface area contributed by atoms with Crippen LogP contribution in [0.5, 0.6) is 0 Å². The zero-order chi connectivity index (χ0) is 24.6. The van der Waals surface area contributed by atoms with Gasteiger partial charge in [-0.25, -0.2) is 14.8 Å². The van der Waals surface area contributed by atoms with Crippen LogP contribution in [-0.4, -0.2) is 48.3 Å². The summed E-state index contributed by atoms with van der Waals surface area (Å²) < 4.78 is 4.27. The molecule has 0 aliphatic rings. The molecule has 3 aromatic heterocycles. The molecule has 34 heavy (non-hydrogen) atoms. The normalized spacial score (nSPS) is 12.1. The first-order valence-electron chi connectivity index (χ1n) is 11.0. The van der Waals surface area contributed by atoms with Gasteiger partial charge < -0.3 is 10.6 Å². The number of rotatable bonds is 6. The van der Waals surface area contributed by atoms with E-state index in [1.165, 1.54) is 4.57 Å². The van der Waals surface area contributed by atoms with E-state index in [0.29, 0.717) is 29.5 Å². The minimum absolute atomic E-state index is 0.0528. The maximum absolute atomic E-state index is 13.6. The molecule has 0 amide bonds. The number of hydrogen-bond donors (Lipinski definition) is 1. The lowest BCUT2D eigenvalue weighted by Gasteiger charge is -2.20. The summed E-state index contributed by atoms with van der Waals surface area (Å²) >= 11 is 0. The van der Waals surface area contributed by atoms with Crippen LogP contribution in [0.25, 0.3) is 22.1 Å². The van der Waals surface area contributed by atoms with Crippen molar-refractivity contribution in [2.75, 3.05) is 18.5 Å². The Morgan fingerprint density at radius 3 is 2.59 bits per heavy atom. The van der Waals surface area contributed by atoms with E-state index < -0.39 is 11.2 Å². The Morgan fingerprint density at radius 1 is 1.15 bits per heavy atom. The minimum atomic E-state index is -0.487. The molecular formula is C24H28N8O2. The average molecular weight is 461 g/mol. The SMILES string of the molecule is CC#CCn1c(N(C)CC(C)N)nc2c1c(=O)n(Cc1nc(C)c3ccccc3n1)c(=O)n2C. The summed E-state index contributed by atoms with van der Waals surface area (Å²) in [7, 11) is 3.45. The first-order chi connectivity index (χ1) is 16.2. The quantitative estimate of drug-likeness (QED) is 0.427. The molecule has 4 aromatic rings. The van der Waals surface area contributed by atoms with Gasteiger partial charge in [0.25, 0.3) is 5.56 Å². The molecular weight excluding hydrogens is 432 g/mol. The van der Waals surface area contributed by atoms with Crippen LogP contribution < -0.4 is 21.9 Å². The van der Waals surface area contributed by atoms with Crippen LogP contribution in [0.3, 0.4) is 0 Å². The molecule has 1 unspecified atom stereocenters. The van der Waals surface area contributed by atoms with Crippen LogP contribution in [-0.2, 0) is 20.1 Å². The lowest BCUT2D eigenvalue weighted by Crippen LogP contribution is -2.40. The Kier molecular flexibility index (Phi) is 6.22. The van der Waals surface area contributed by atoms with E-state index >= 15 is 0 Å². The molecule has 10 heteroatoms. The molecule has 1 aromatic carbocycles. The van der Waals surface area contributed by atoms with Crippen LogP contribution >= 0.6 is 0 Å². The van der Waals surface area contributed by atoms with Gasteiger partial charge in [-0.1, -0.05) is 24.1 Å². The highest BCUT2D eigenvalue weighted by Gasteiger charge is 2.23. The maximum atomic E-state index is 13.6. The molecule has 0 aliphatic carbocycles. The third-order valence-electron chi connectivity index (χ3n) is 5.67. The number of nitrogens with two attached hydrogens (primary N) is 1. The Labute approximate surface area is 196 Å². The summed E-state index contributed by atoms with van der Waals surface area (Å²) in [6.07, 6.45) is 0. The van der Waals surface area contributed by atoms with Crippen molar-refractivity contribution in [2.24, 2.45) is 12.8 Å². The van der Waals surface area contributed by atoms with Gasteiger partial charge in [-0.2, -0.15) is 4.98 Å². The van der Waals surface area contributed by atoms with Crippen molar-refractivity contribution in [2.45, 2.75) is 39.9 Å². The Balaban J connectivity index is 1.93. The molecule has 0 spiro atoms. The van der Waals surface area contributed by atoms with E-state index in [1.807, 2.05) is 50.1 Å². The smallest absolute Gasteiger partial charge is 0.332 e. The summed E-state index contributed by atoms with van der Waals surface area (Å²) in [5.74, 6) is 6.78. The number of likely N-dealkylation sites (N-methyl/N-ethyl adjacent to an activating group) is 1. The molecule has 0 saturated carbocycles. The molecule has 176 valence electrons. The van der Waals surface area contributed by atoms with Gasteiger partial charge in [0.1, 0.15) is 5.82 Å². The van der Waals surface area contributed by atoms with Crippen LogP contribution in [0, 0.1) is 18.8 Å². The van der Waals surface area contributed by atoms with Gasteiger partial charge in [-0.05, 0) is 26.8 Å². The van der Waals surface area contributed by atoms with Crippen molar-refractivity contribution in [3.8, 4) is 11.8 Å². The number of para-hydroxylation sites is 1.